The third kappa shape index (κ3) is 62.2. The Morgan fingerprint density at radius 1 is 0.322 bits per heavy atom. The Morgan fingerprint density at radius 3 is 0.844 bits per heavy atom. The van der Waals surface area contributed by atoms with Crippen LogP contribution in [-0.4, -0.2) is 96.7 Å². The van der Waals surface area contributed by atoms with Crippen LogP contribution in [-0.2, 0) is 65.4 Å². The van der Waals surface area contributed by atoms with E-state index < -0.39 is 97.5 Å². The van der Waals surface area contributed by atoms with Gasteiger partial charge in [0.2, 0.25) is 0 Å². The molecule has 0 heterocycles. The first-order valence-electron chi connectivity index (χ1n) is 36.9. The van der Waals surface area contributed by atoms with Crippen LogP contribution in [0.3, 0.4) is 0 Å². The maximum atomic E-state index is 13.0. The standard InChI is InChI=1S/C71H138O17P2/c1-8-11-12-13-14-30-38-45-52-68(73)81-59-67(88-71(76)55-48-41-34-33-37-44-51-64(7)10-3)61-86-90(79,80)84-57-65(72)56-83-89(77,78)85-60-66(58-82-69(74)53-46-39-31-26-23-22-25-29-36-43-50-63(6)9-2)87-70(75)54-47-40-32-27-21-19-17-15-16-18-20-24-28-35-42-49-62(4)5/h62-67,72H,8-61H2,1-7H3,(H,77,78)(H,79,80)/t63?,64?,65-,66-,67-/m1/s1. The number of phosphoric acid groups is 2. The molecule has 90 heavy (non-hydrogen) atoms. The number of aliphatic hydroxyl groups excluding tert-OH is 1. The highest BCUT2D eigenvalue weighted by atomic mass is 31.2. The van der Waals surface area contributed by atoms with E-state index in [0.29, 0.717) is 25.7 Å². The van der Waals surface area contributed by atoms with Gasteiger partial charge in [-0.3, -0.25) is 37.3 Å². The van der Waals surface area contributed by atoms with Crippen molar-refractivity contribution in [2.45, 2.75) is 375 Å². The molecular weight excluding hydrogens is 1190 g/mol. The molecule has 0 radical (unpaired) electrons. The van der Waals surface area contributed by atoms with Crippen molar-refractivity contribution >= 4 is 39.5 Å². The van der Waals surface area contributed by atoms with Gasteiger partial charge in [0.15, 0.2) is 12.2 Å². The maximum Gasteiger partial charge on any atom is 0.472 e. The third-order valence-corrected chi connectivity index (χ3v) is 19.0. The predicted molar refractivity (Wildman–Crippen MR) is 363 cm³/mol. The van der Waals surface area contributed by atoms with Gasteiger partial charge in [0, 0.05) is 25.7 Å². The van der Waals surface area contributed by atoms with E-state index in [9.17, 15) is 43.2 Å². The first kappa shape index (κ1) is 88.1. The minimum Gasteiger partial charge on any atom is -0.462 e. The van der Waals surface area contributed by atoms with Gasteiger partial charge in [0.05, 0.1) is 26.4 Å². The van der Waals surface area contributed by atoms with Crippen molar-refractivity contribution in [1.82, 2.24) is 0 Å². The molecular formula is C71H138O17P2. The monoisotopic (exact) mass is 1320 g/mol. The van der Waals surface area contributed by atoms with Crippen LogP contribution in [0.5, 0.6) is 0 Å². The second-order valence-electron chi connectivity index (χ2n) is 26.6. The maximum absolute atomic E-state index is 13.0. The molecule has 0 bridgehead atoms. The van der Waals surface area contributed by atoms with E-state index in [1.165, 1.54) is 161 Å². The topological polar surface area (TPSA) is 237 Å². The molecule has 3 N–H and O–H groups in total. The molecule has 0 aliphatic heterocycles. The van der Waals surface area contributed by atoms with Crippen molar-refractivity contribution in [2.24, 2.45) is 17.8 Å². The van der Waals surface area contributed by atoms with Crippen LogP contribution in [0.2, 0.25) is 0 Å². The summed E-state index contributed by atoms with van der Waals surface area (Å²) in [4.78, 5) is 72.5. The van der Waals surface area contributed by atoms with E-state index in [2.05, 4.69) is 48.5 Å². The molecule has 0 amide bonds. The minimum absolute atomic E-state index is 0.103. The number of unbranched alkanes of at least 4 members (excludes halogenated alkanes) is 35. The molecule has 4 unspecified atom stereocenters. The van der Waals surface area contributed by atoms with Crippen LogP contribution < -0.4 is 0 Å². The van der Waals surface area contributed by atoms with Crippen molar-refractivity contribution < 1.29 is 80.2 Å². The lowest BCUT2D eigenvalue weighted by molar-refractivity contribution is -0.161. The number of aliphatic hydroxyl groups is 1. The van der Waals surface area contributed by atoms with Crippen molar-refractivity contribution in [1.29, 1.82) is 0 Å². The molecule has 0 saturated heterocycles. The van der Waals surface area contributed by atoms with E-state index in [-0.39, 0.29) is 25.7 Å². The molecule has 0 saturated carbocycles. The zero-order valence-electron chi connectivity index (χ0n) is 58.6. The summed E-state index contributed by atoms with van der Waals surface area (Å²) in [6.45, 7) is 11.8. The minimum atomic E-state index is -4.95. The van der Waals surface area contributed by atoms with Gasteiger partial charge in [-0.25, -0.2) is 9.13 Å². The Labute approximate surface area is 549 Å². The van der Waals surface area contributed by atoms with Gasteiger partial charge in [-0.2, -0.15) is 0 Å². The molecule has 0 aliphatic rings. The largest absolute Gasteiger partial charge is 0.472 e. The Kier molecular flexibility index (Phi) is 60.6. The van der Waals surface area contributed by atoms with Crippen LogP contribution in [0.25, 0.3) is 0 Å². The lowest BCUT2D eigenvalue weighted by Gasteiger charge is -2.21. The van der Waals surface area contributed by atoms with Crippen molar-refractivity contribution in [3.8, 4) is 0 Å². The van der Waals surface area contributed by atoms with Gasteiger partial charge < -0.3 is 33.8 Å². The Bertz CT molecular complexity index is 1770. The van der Waals surface area contributed by atoms with E-state index >= 15 is 0 Å². The van der Waals surface area contributed by atoms with Crippen molar-refractivity contribution in [3.05, 3.63) is 0 Å². The molecule has 0 aliphatic carbocycles. The number of carbonyl (C=O) groups is 4. The average Bonchev–Trinajstić information content (AvgIpc) is 3.41. The summed E-state index contributed by atoms with van der Waals surface area (Å²) < 4.78 is 68.2. The smallest absolute Gasteiger partial charge is 0.462 e. The highest BCUT2D eigenvalue weighted by molar-refractivity contribution is 7.47. The predicted octanol–water partition coefficient (Wildman–Crippen LogP) is 20.2. The molecule has 7 atom stereocenters. The number of esters is 4. The molecule has 0 spiro atoms. The quantitative estimate of drug-likeness (QED) is 0.0222. The highest BCUT2D eigenvalue weighted by Crippen LogP contribution is 2.45. The second kappa shape index (κ2) is 61.9. The Balaban J connectivity index is 5.22. The summed E-state index contributed by atoms with van der Waals surface area (Å²) in [5, 5.41) is 10.6. The fraction of sp³-hybridized carbons (Fsp3) is 0.944. The fourth-order valence-electron chi connectivity index (χ4n) is 10.7. The van der Waals surface area contributed by atoms with Crippen LogP contribution in [0.1, 0.15) is 357 Å². The van der Waals surface area contributed by atoms with Crippen molar-refractivity contribution in [3.63, 3.8) is 0 Å². The second-order valence-corrected chi connectivity index (χ2v) is 29.5. The molecule has 17 nitrogen and oxygen atoms in total. The Hall–Kier alpha value is -1.94. The van der Waals surface area contributed by atoms with E-state index in [1.54, 1.807) is 0 Å². The van der Waals surface area contributed by atoms with Crippen LogP contribution >= 0.6 is 15.6 Å². The molecule has 534 valence electrons. The van der Waals surface area contributed by atoms with Gasteiger partial charge >= 0.3 is 39.5 Å². The number of hydrogen-bond acceptors (Lipinski definition) is 15. The zero-order valence-corrected chi connectivity index (χ0v) is 60.4. The summed E-state index contributed by atoms with van der Waals surface area (Å²) in [6, 6.07) is 0. The fourth-order valence-corrected chi connectivity index (χ4v) is 12.2. The van der Waals surface area contributed by atoms with Crippen LogP contribution in [0.4, 0.5) is 0 Å². The van der Waals surface area contributed by atoms with Crippen LogP contribution in [0, 0.1) is 17.8 Å². The van der Waals surface area contributed by atoms with Crippen LogP contribution in [0.15, 0.2) is 0 Å². The summed E-state index contributed by atoms with van der Waals surface area (Å²) in [5.41, 5.74) is 0. The first-order valence-corrected chi connectivity index (χ1v) is 39.9. The molecule has 0 fully saturated rings. The Morgan fingerprint density at radius 2 is 0.567 bits per heavy atom. The lowest BCUT2D eigenvalue weighted by Crippen LogP contribution is -2.30. The zero-order chi connectivity index (χ0) is 66.6. The number of ether oxygens (including phenoxy) is 4. The summed E-state index contributed by atoms with van der Waals surface area (Å²) in [7, 11) is -9.90. The third-order valence-electron chi connectivity index (χ3n) is 17.1. The molecule has 19 heteroatoms. The molecule has 0 aromatic carbocycles. The normalized spacial score (nSPS) is 14.8. The number of rotatable bonds is 69. The highest BCUT2D eigenvalue weighted by Gasteiger charge is 2.30. The first-order chi connectivity index (χ1) is 43.3. The number of hydrogen-bond donors (Lipinski definition) is 3. The SMILES string of the molecule is CCCCCCCCCCC(=O)OC[C@H](COP(=O)(O)OC[C@H](O)COP(=O)(O)OC[C@@H](COC(=O)CCCCCCCCCCCCC(C)CC)OC(=O)CCCCCCCCCCCCCCCCCC(C)C)OC(=O)CCCCCCCCC(C)CC. The molecule has 0 rings (SSSR count). The summed E-state index contributed by atoms with van der Waals surface area (Å²) >= 11 is 0. The average molecular weight is 1330 g/mol. The lowest BCUT2D eigenvalue weighted by atomic mass is 9.99. The van der Waals surface area contributed by atoms with Crippen molar-refractivity contribution in [2.75, 3.05) is 39.6 Å². The molecule has 0 aromatic heterocycles. The number of phosphoric ester groups is 2. The van der Waals surface area contributed by atoms with E-state index in [1.807, 2.05) is 0 Å². The van der Waals surface area contributed by atoms with Gasteiger partial charge in [-0.1, -0.05) is 305 Å². The van der Waals surface area contributed by atoms with E-state index in [4.69, 9.17) is 37.0 Å². The molecule has 0 aromatic rings. The summed E-state index contributed by atoms with van der Waals surface area (Å²) in [5.74, 6) is 0.203. The van der Waals surface area contributed by atoms with E-state index in [0.717, 1.165) is 114 Å². The van der Waals surface area contributed by atoms with Gasteiger partial charge in [0.25, 0.3) is 0 Å². The number of carbonyl (C=O) groups excluding carboxylic acids is 4. The van der Waals surface area contributed by atoms with Gasteiger partial charge in [-0.15, -0.1) is 0 Å². The summed E-state index contributed by atoms with van der Waals surface area (Å²) in [6.07, 6.45) is 45.8. The van der Waals surface area contributed by atoms with Gasteiger partial charge in [-0.05, 0) is 43.4 Å². The van der Waals surface area contributed by atoms with Gasteiger partial charge in [0.1, 0.15) is 19.3 Å².